The van der Waals surface area contributed by atoms with Crippen LogP contribution in [0.2, 0.25) is 0 Å². The second-order valence-corrected chi connectivity index (χ2v) is 8.12. The van der Waals surface area contributed by atoms with Gasteiger partial charge >= 0.3 is 0 Å². The maximum absolute atomic E-state index is 13.3. The lowest BCUT2D eigenvalue weighted by Crippen LogP contribution is -2.60. The van der Waals surface area contributed by atoms with Crippen molar-refractivity contribution in [2.24, 2.45) is 0 Å². The molecule has 4 rings (SSSR count). The number of hydrogen-bond acceptors (Lipinski definition) is 4. The Morgan fingerprint density at radius 2 is 1.88 bits per heavy atom. The molecular formula is C20H24BrN3O2. The van der Waals surface area contributed by atoms with E-state index < -0.39 is 5.54 Å². The standard InChI is InChI=1S/C20H24BrN3O2/c21-17-5-4-15-14-22-18(13-16(15)12-17)23-19(25)20(6-2-1-3-7-20)24-8-10-26-11-9-24/h4-5,12-14H,1-3,6-11H2,(H,22,23,25). The number of halogens is 1. The minimum absolute atomic E-state index is 0.0842. The number of nitrogens with one attached hydrogen (secondary N) is 1. The highest BCUT2D eigenvalue weighted by molar-refractivity contribution is 9.10. The Balaban J connectivity index is 1.59. The van der Waals surface area contributed by atoms with E-state index in [1.807, 2.05) is 30.5 Å². The monoisotopic (exact) mass is 417 g/mol. The van der Waals surface area contributed by atoms with Crippen molar-refractivity contribution < 1.29 is 9.53 Å². The van der Waals surface area contributed by atoms with Crippen LogP contribution in [0, 0.1) is 0 Å². The van der Waals surface area contributed by atoms with Crippen LogP contribution in [-0.2, 0) is 9.53 Å². The van der Waals surface area contributed by atoms with E-state index in [1.165, 1.54) is 6.42 Å². The first-order valence-corrected chi connectivity index (χ1v) is 10.2. The number of pyridine rings is 1. The Morgan fingerprint density at radius 1 is 1.12 bits per heavy atom. The average Bonchev–Trinajstić information content (AvgIpc) is 2.69. The lowest BCUT2D eigenvalue weighted by molar-refractivity contribution is -0.134. The molecule has 1 aliphatic heterocycles. The maximum atomic E-state index is 13.3. The Kier molecular flexibility index (Phi) is 5.25. The molecule has 2 aliphatic rings. The number of amides is 1. The SMILES string of the molecule is O=C(Nc1cc2cc(Br)ccc2cn1)C1(N2CCOCC2)CCCCC1. The molecule has 2 fully saturated rings. The van der Waals surface area contributed by atoms with Gasteiger partial charge in [-0.3, -0.25) is 9.69 Å². The van der Waals surface area contributed by atoms with Crippen LogP contribution in [0.5, 0.6) is 0 Å². The summed E-state index contributed by atoms with van der Waals surface area (Å²) in [4.78, 5) is 20.1. The molecule has 2 heterocycles. The van der Waals surface area contributed by atoms with Crippen molar-refractivity contribution in [1.82, 2.24) is 9.88 Å². The summed E-state index contributed by atoms with van der Waals surface area (Å²) in [6.45, 7) is 3.06. The normalized spacial score (nSPS) is 20.8. The van der Waals surface area contributed by atoms with E-state index >= 15 is 0 Å². The quantitative estimate of drug-likeness (QED) is 0.820. The third-order valence-electron chi connectivity index (χ3n) is 5.65. The van der Waals surface area contributed by atoms with Crippen LogP contribution >= 0.6 is 15.9 Å². The molecule has 2 aromatic rings. The summed E-state index contributed by atoms with van der Waals surface area (Å²) in [5, 5.41) is 5.24. The molecule has 0 unspecified atom stereocenters. The van der Waals surface area contributed by atoms with Crippen molar-refractivity contribution in [2.45, 2.75) is 37.6 Å². The van der Waals surface area contributed by atoms with E-state index in [9.17, 15) is 4.79 Å². The molecule has 1 aliphatic carbocycles. The van der Waals surface area contributed by atoms with E-state index in [-0.39, 0.29) is 5.91 Å². The molecule has 6 heteroatoms. The highest BCUT2D eigenvalue weighted by Gasteiger charge is 2.45. The van der Waals surface area contributed by atoms with Gasteiger partial charge in [0.05, 0.1) is 13.2 Å². The van der Waals surface area contributed by atoms with Crippen LogP contribution in [0.4, 0.5) is 5.82 Å². The molecule has 0 radical (unpaired) electrons. The topological polar surface area (TPSA) is 54.5 Å². The third-order valence-corrected chi connectivity index (χ3v) is 6.14. The van der Waals surface area contributed by atoms with E-state index in [1.54, 1.807) is 0 Å². The highest BCUT2D eigenvalue weighted by atomic mass is 79.9. The Labute approximate surface area is 162 Å². The molecule has 1 amide bonds. The molecule has 0 atom stereocenters. The number of anilines is 1. The van der Waals surface area contributed by atoms with Crippen LogP contribution in [0.3, 0.4) is 0 Å². The number of ether oxygens (including phenoxy) is 1. The molecule has 1 aromatic carbocycles. The van der Waals surface area contributed by atoms with Crippen molar-refractivity contribution in [3.8, 4) is 0 Å². The zero-order chi connectivity index (χ0) is 18.0. The second-order valence-electron chi connectivity index (χ2n) is 7.21. The minimum atomic E-state index is -0.421. The van der Waals surface area contributed by atoms with E-state index in [4.69, 9.17) is 4.74 Å². The first-order chi connectivity index (χ1) is 12.7. The van der Waals surface area contributed by atoms with Gasteiger partial charge < -0.3 is 10.1 Å². The maximum Gasteiger partial charge on any atom is 0.246 e. The van der Waals surface area contributed by atoms with Gasteiger partial charge in [-0.2, -0.15) is 0 Å². The number of carbonyl (C=O) groups excluding carboxylic acids is 1. The predicted octanol–water partition coefficient (Wildman–Crippen LogP) is 3.97. The summed E-state index contributed by atoms with van der Waals surface area (Å²) in [6.07, 6.45) is 7.06. The Bertz CT molecular complexity index is 799. The van der Waals surface area contributed by atoms with Crippen molar-refractivity contribution >= 4 is 38.4 Å². The van der Waals surface area contributed by atoms with Gasteiger partial charge in [0, 0.05) is 29.1 Å². The highest BCUT2D eigenvalue weighted by Crippen LogP contribution is 2.35. The molecule has 1 N–H and O–H groups in total. The molecule has 1 saturated heterocycles. The number of hydrogen-bond donors (Lipinski definition) is 1. The van der Waals surface area contributed by atoms with Crippen molar-refractivity contribution in [3.63, 3.8) is 0 Å². The first kappa shape index (κ1) is 17.9. The second kappa shape index (κ2) is 7.62. The van der Waals surface area contributed by atoms with Crippen LogP contribution in [0.1, 0.15) is 32.1 Å². The van der Waals surface area contributed by atoms with Gasteiger partial charge in [-0.15, -0.1) is 0 Å². The summed E-state index contributed by atoms with van der Waals surface area (Å²) >= 11 is 3.50. The Morgan fingerprint density at radius 3 is 2.65 bits per heavy atom. The van der Waals surface area contributed by atoms with Crippen molar-refractivity contribution in [2.75, 3.05) is 31.6 Å². The van der Waals surface area contributed by atoms with Crippen molar-refractivity contribution in [3.05, 3.63) is 34.9 Å². The number of morpholine rings is 1. The fourth-order valence-electron chi connectivity index (χ4n) is 4.23. The summed E-state index contributed by atoms with van der Waals surface area (Å²) in [6, 6.07) is 8.02. The zero-order valence-corrected chi connectivity index (χ0v) is 16.4. The van der Waals surface area contributed by atoms with Crippen LogP contribution in [0.25, 0.3) is 10.8 Å². The summed E-state index contributed by atoms with van der Waals surface area (Å²) < 4.78 is 6.52. The number of fused-ring (bicyclic) bond motifs is 1. The van der Waals surface area contributed by atoms with Gasteiger partial charge in [-0.25, -0.2) is 4.98 Å². The smallest absolute Gasteiger partial charge is 0.246 e. The number of aromatic nitrogens is 1. The predicted molar refractivity (Wildman–Crippen MR) is 106 cm³/mol. The van der Waals surface area contributed by atoms with E-state index in [0.29, 0.717) is 19.0 Å². The first-order valence-electron chi connectivity index (χ1n) is 9.37. The summed E-state index contributed by atoms with van der Waals surface area (Å²) in [7, 11) is 0. The van der Waals surface area contributed by atoms with Gasteiger partial charge in [0.2, 0.25) is 5.91 Å². The molecular weight excluding hydrogens is 394 g/mol. The summed E-state index contributed by atoms with van der Waals surface area (Å²) in [5.41, 5.74) is -0.421. The van der Waals surface area contributed by atoms with Gasteiger partial charge in [0.15, 0.2) is 0 Å². The number of benzene rings is 1. The molecule has 5 nitrogen and oxygen atoms in total. The fraction of sp³-hybridized carbons (Fsp3) is 0.500. The lowest BCUT2D eigenvalue weighted by atomic mass is 9.79. The number of carbonyl (C=O) groups is 1. The van der Waals surface area contributed by atoms with Crippen molar-refractivity contribution in [1.29, 1.82) is 0 Å². The van der Waals surface area contributed by atoms with E-state index in [2.05, 4.69) is 31.1 Å². The Hall–Kier alpha value is -1.50. The molecule has 1 saturated carbocycles. The molecule has 1 aromatic heterocycles. The van der Waals surface area contributed by atoms with Gasteiger partial charge in [-0.05, 0) is 36.4 Å². The average molecular weight is 418 g/mol. The van der Waals surface area contributed by atoms with Crippen LogP contribution in [0.15, 0.2) is 34.9 Å². The molecule has 0 bridgehead atoms. The van der Waals surface area contributed by atoms with Crippen LogP contribution in [-0.4, -0.2) is 47.6 Å². The van der Waals surface area contributed by atoms with Gasteiger partial charge in [-0.1, -0.05) is 41.3 Å². The third kappa shape index (κ3) is 3.50. The fourth-order valence-corrected chi connectivity index (χ4v) is 4.61. The van der Waals surface area contributed by atoms with Gasteiger partial charge in [0.1, 0.15) is 11.4 Å². The summed E-state index contributed by atoms with van der Waals surface area (Å²) in [5.74, 6) is 0.708. The van der Waals surface area contributed by atoms with E-state index in [0.717, 1.165) is 54.0 Å². The molecule has 138 valence electrons. The molecule has 26 heavy (non-hydrogen) atoms. The zero-order valence-electron chi connectivity index (χ0n) is 14.8. The molecule has 0 spiro atoms. The minimum Gasteiger partial charge on any atom is -0.379 e. The number of nitrogens with zero attached hydrogens (tertiary/aromatic N) is 2. The van der Waals surface area contributed by atoms with Gasteiger partial charge in [0.25, 0.3) is 0 Å². The largest absolute Gasteiger partial charge is 0.379 e. The number of rotatable bonds is 3. The van der Waals surface area contributed by atoms with Crippen LogP contribution < -0.4 is 5.32 Å². The lowest BCUT2D eigenvalue weighted by Gasteiger charge is -2.46.